The predicted molar refractivity (Wildman–Crippen MR) is 78.0 cm³/mol. The van der Waals surface area contributed by atoms with Crippen molar-refractivity contribution in [3.05, 3.63) is 68.3 Å². The number of rotatable bonds is 2. The van der Waals surface area contributed by atoms with Crippen molar-refractivity contribution in [2.45, 2.75) is 12.3 Å². The number of aryl methyl sites for hydroxylation is 1. The Kier molecular flexibility index (Phi) is 4.22. The molecule has 0 saturated heterocycles. The molecule has 18 heavy (non-hydrogen) atoms. The minimum atomic E-state index is -0.688. The first-order valence-corrected chi connectivity index (χ1v) is 6.86. The number of benzene rings is 2. The molecule has 94 valence electrons. The third-order valence-electron chi connectivity index (χ3n) is 2.73. The molecule has 0 amide bonds. The summed E-state index contributed by atoms with van der Waals surface area (Å²) >= 11 is 8.44. The molecule has 0 radical (unpaired) electrons. The molecule has 4 heteroatoms. The quantitative estimate of drug-likeness (QED) is 0.497. The Balaban J connectivity index is 2.51. The summed E-state index contributed by atoms with van der Waals surface area (Å²) < 4.78 is 27.8. The van der Waals surface area contributed by atoms with E-state index < -0.39 is 17.0 Å². The summed E-state index contributed by atoms with van der Waals surface area (Å²) in [5.74, 6) is -0.978. The molecule has 2 aromatic carbocycles. The average molecular weight is 379 g/mol. The van der Waals surface area contributed by atoms with Crippen LogP contribution in [-0.4, -0.2) is 0 Å². The lowest BCUT2D eigenvalue weighted by atomic mass is 10.0. The average Bonchev–Trinajstić information content (AvgIpc) is 2.35. The van der Waals surface area contributed by atoms with Gasteiger partial charge in [0.05, 0.1) is 5.38 Å². The molecule has 1 unspecified atom stereocenters. The van der Waals surface area contributed by atoms with Crippen molar-refractivity contribution < 1.29 is 8.78 Å². The van der Waals surface area contributed by atoms with Gasteiger partial charge in [-0.15, -0.1) is 11.6 Å². The molecular weight excluding hydrogens is 369 g/mol. The van der Waals surface area contributed by atoms with Gasteiger partial charge in [-0.25, -0.2) is 8.78 Å². The van der Waals surface area contributed by atoms with Gasteiger partial charge in [0.1, 0.15) is 11.6 Å². The normalized spacial score (nSPS) is 12.5. The lowest BCUT2D eigenvalue weighted by molar-refractivity contribution is 0.587. The Morgan fingerprint density at radius 1 is 1.11 bits per heavy atom. The minimum Gasteiger partial charge on any atom is -0.207 e. The molecule has 0 spiro atoms. The second-order valence-electron chi connectivity index (χ2n) is 4.01. The highest BCUT2D eigenvalue weighted by Gasteiger charge is 2.19. The van der Waals surface area contributed by atoms with Crippen LogP contribution in [0.3, 0.4) is 0 Å². The number of halogens is 4. The summed E-state index contributed by atoms with van der Waals surface area (Å²) in [7, 11) is 0. The van der Waals surface area contributed by atoms with Crippen LogP contribution in [0.25, 0.3) is 0 Å². The van der Waals surface area contributed by atoms with E-state index in [4.69, 9.17) is 11.6 Å². The van der Waals surface area contributed by atoms with Crippen molar-refractivity contribution >= 4 is 34.2 Å². The summed E-state index contributed by atoms with van der Waals surface area (Å²) in [5.41, 5.74) is 2.03. The zero-order valence-corrected chi connectivity index (χ0v) is 12.5. The smallest absolute Gasteiger partial charge is 0.128 e. The van der Waals surface area contributed by atoms with E-state index in [-0.39, 0.29) is 5.56 Å². The van der Waals surface area contributed by atoms with Gasteiger partial charge in [-0.2, -0.15) is 0 Å². The summed E-state index contributed by atoms with van der Waals surface area (Å²) in [5, 5.41) is -0.688. The maximum atomic E-state index is 13.7. The van der Waals surface area contributed by atoms with Gasteiger partial charge in [0, 0.05) is 9.13 Å². The molecule has 0 nitrogen and oxygen atoms in total. The highest BCUT2D eigenvalue weighted by atomic mass is 127. The molecule has 0 heterocycles. The third kappa shape index (κ3) is 2.67. The van der Waals surface area contributed by atoms with Gasteiger partial charge < -0.3 is 0 Å². The van der Waals surface area contributed by atoms with E-state index in [1.165, 1.54) is 0 Å². The first kappa shape index (κ1) is 13.7. The van der Waals surface area contributed by atoms with E-state index >= 15 is 0 Å². The highest BCUT2D eigenvalue weighted by molar-refractivity contribution is 14.1. The van der Waals surface area contributed by atoms with Crippen molar-refractivity contribution in [1.82, 2.24) is 0 Å². The molecule has 2 aromatic rings. The molecular formula is C14H10ClF2I. The molecule has 0 aliphatic heterocycles. The number of hydrogen-bond acceptors (Lipinski definition) is 0. The minimum absolute atomic E-state index is 0.167. The first-order valence-electron chi connectivity index (χ1n) is 5.34. The molecule has 0 bridgehead atoms. The van der Waals surface area contributed by atoms with Crippen LogP contribution < -0.4 is 0 Å². The van der Waals surface area contributed by atoms with Crippen LogP contribution >= 0.6 is 34.2 Å². The van der Waals surface area contributed by atoms with Gasteiger partial charge in [0.2, 0.25) is 0 Å². The fourth-order valence-corrected chi connectivity index (χ4v) is 2.95. The van der Waals surface area contributed by atoms with E-state index in [9.17, 15) is 8.78 Å². The first-order chi connectivity index (χ1) is 8.50. The van der Waals surface area contributed by atoms with E-state index in [2.05, 4.69) is 22.6 Å². The second-order valence-corrected chi connectivity index (χ2v) is 5.52. The van der Waals surface area contributed by atoms with Crippen molar-refractivity contribution in [3.8, 4) is 0 Å². The van der Waals surface area contributed by atoms with Crippen LogP contribution in [0.4, 0.5) is 8.78 Å². The molecule has 0 saturated carbocycles. The van der Waals surface area contributed by atoms with Crippen LogP contribution in [-0.2, 0) is 0 Å². The van der Waals surface area contributed by atoms with Gasteiger partial charge in [-0.1, -0.05) is 18.2 Å². The van der Waals surface area contributed by atoms with Crippen LogP contribution in [0.15, 0.2) is 36.4 Å². The van der Waals surface area contributed by atoms with Crippen molar-refractivity contribution in [1.29, 1.82) is 0 Å². The van der Waals surface area contributed by atoms with Gasteiger partial charge in [-0.05, 0) is 58.8 Å². The standard InChI is InChI=1S/C14H10ClF2I/c1-8-3-2-4-10(14(8)18)13(15)11-7-9(16)5-6-12(11)17/h2-7,13H,1H3. The molecule has 1 atom stereocenters. The van der Waals surface area contributed by atoms with Gasteiger partial charge in [0.15, 0.2) is 0 Å². The summed E-state index contributed by atoms with van der Waals surface area (Å²) in [4.78, 5) is 0. The zero-order valence-electron chi connectivity index (χ0n) is 9.55. The molecule has 0 fully saturated rings. The largest absolute Gasteiger partial charge is 0.207 e. The van der Waals surface area contributed by atoms with E-state index in [1.54, 1.807) is 0 Å². The van der Waals surface area contributed by atoms with Crippen LogP contribution in [0, 0.1) is 22.1 Å². The molecule has 0 aromatic heterocycles. The van der Waals surface area contributed by atoms with Gasteiger partial charge >= 0.3 is 0 Å². The van der Waals surface area contributed by atoms with Crippen molar-refractivity contribution in [2.75, 3.05) is 0 Å². The highest BCUT2D eigenvalue weighted by Crippen LogP contribution is 2.34. The maximum Gasteiger partial charge on any atom is 0.128 e. The van der Waals surface area contributed by atoms with Crippen LogP contribution in [0.5, 0.6) is 0 Å². The molecule has 0 N–H and O–H groups in total. The van der Waals surface area contributed by atoms with Crippen molar-refractivity contribution in [2.24, 2.45) is 0 Å². The third-order valence-corrected chi connectivity index (χ3v) is 4.67. The second kappa shape index (κ2) is 5.53. The molecule has 0 aliphatic rings. The van der Waals surface area contributed by atoms with E-state index in [0.29, 0.717) is 0 Å². The van der Waals surface area contributed by atoms with Crippen LogP contribution in [0.2, 0.25) is 0 Å². The topological polar surface area (TPSA) is 0 Å². The Bertz CT molecular complexity index is 582. The summed E-state index contributed by atoms with van der Waals surface area (Å²) in [6, 6.07) is 8.98. The summed E-state index contributed by atoms with van der Waals surface area (Å²) in [6.07, 6.45) is 0. The lowest BCUT2D eigenvalue weighted by Gasteiger charge is -2.14. The van der Waals surface area contributed by atoms with E-state index in [0.717, 1.165) is 32.9 Å². The maximum absolute atomic E-state index is 13.7. The monoisotopic (exact) mass is 378 g/mol. The molecule has 2 rings (SSSR count). The Morgan fingerprint density at radius 3 is 2.56 bits per heavy atom. The SMILES string of the molecule is Cc1cccc(C(Cl)c2cc(F)ccc2F)c1I. The van der Waals surface area contributed by atoms with Gasteiger partial charge in [-0.3, -0.25) is 0 Å². The van der Waals surface area contributed by atoms with Crippen molar-refractivity contribution in [3.63, 3.8) is 0 Å². The summed E-state index contributed by atoms with van der Waals surface area (Å²) in [6.45, 7) is 1.96. The van der Waals surface area contributed by atoms with E-state index in [1.807, 2.05) is 25.1 Å². The fraction of sp³-hybridized carbons (Fsp3) is 0.143. The number of hydrogen-bond donors (Lipinski definition) is 0. The Morgan fingerprint density at radius 2 is 1.83 bits per heavy atom. The van der Waals surface area contributed by atoms with Crippen LogP contribution in [0.1, 0.15) is 22.1 Å². The predicted octanol–water partition coefficient (Wildman–Crippen LogP) is 5.21. The Hall–Kier alpha value is -0.680. The van der Waals surface area contributed by atoms with Gasteiger partial charge in [0.25, 0.3) is 0 Å². The molecule has 0 aliphatic carbocycles. The lowest BCUT2D eigenvalue weighted by Crippen LogP contribution is -2.01. The Labute approximate surface area is 123 Å². The number of alkyl halides is 1. The fourth-order valence-electron chi connectivity index (χ4n) is 1.74. The zero-order chi connectivity index (χ0) is 13.3.